The molecule has 2 aliphatic carbocycles. The molecule has 176 valence electrons. The molecule has 0 spiro atoms. The number of fused-ring (bicyclic) bond motifs is 3. The van der Waals surface area contributed by atoms with Crippen molar-refractivity contribution in [3.8, 4) is 0 Å². The standard InChI is InChI=1S/C10H12.C10H8.C9H10.C6H6/c2*1-2-6-10-8-4-3-7-9(10)5-1;1-2-5-9-7-3-6-8(9)4-1;1-2-4-6-5-3-1/h1-2,5-6H,3-4,7-8H2;1-8H;1-2,4-5H,3,6-7H2;1-6H. The Hall–Kier alpha value is -3.64. The van der Waals surface area contributed by atoms with E-state index in [9.17, 15) is 0 Å². The van der Waals surface area contributed by atoms with Crippen LogP contribution in [-0.2, 0) is 25.7 Å². The zero-order valence-electron chi connectivity index (χ0n) is 20.7. The molecule has 0 atom stereocenters. The van der Waals surface area contributed by atoms with Gasteiger partial charge in [0.25, 0.3) is 0 Å². The summed E-state index contributed by atoms with van der Waals surface area (Å²) in [7, 11) is 0. The molecule has 0 saturated carbocycles. The van der Waals surface area contributed by atoms with Crippen LogP contribution in [0, 0.1) is 0 Å². The van der Waals surface area contributed by atoms with Gasteiger partial charge in [-0.15, -0.1) is 0 Å². The Kier molecular flexibility index (Phi) is 9.74. The van der Waals surface area contributed by atoms with Gasteiger partial charge in [-0.2, -0.15) is 0 Å². The maximum Gasteiger partial charge on any atom is -0.0184 e. The van der Waals surface area contributed by atoms with Crippen molar-refractivity contribution < 1.29 is 0 Å². The maximum atomic E-state index is 2.26. The van der Waals surface area contributed by atoms with Crippen LogP contribution in [0.5, 0.6) is 0 Å². The van der Waals surface area contributed by atoms with E-state index in [2.05, 4.69) is 97.1 Å². The molecular weight excluding hydrogens is 420 g/mol. The van der Waals surface area contributed by atoms with Crippen molar-refractivity contribution in [2.45, 2.75) is 44.9 Å². The molecule has 35 heavy (non-hydrogen) atoms. The highest BCUT2D eigenvalue weighted by Gasteiger charge is 2.07. The third-order valence-electron chi connectivity index (χ3n) is 6.60. The molecule has 0 saturated heterocycles. The van der Waals surface area contributed by atoms with Crippen LogP contribution >= 0.6 is 0 Å². The van der Waals surface area contributed by atoms with Gasteiger partial charge in [0.1, 0.15) is 0 Å². The molecule has 0 bridgehead atoms. The van der Waals surface area contributed by atoms with Gasteiger partial charge >= 0.3 is 0 Å². The largest absolute Gasteiger partial charge is 0.0623 e. The molecule has 0 heteroatoms. The third-order valence-corrected chi connectivity index (χ3v) is 6.60. The van der Waals surface area contributed by atoms with Crippen LogP contribution in [0.25, 0.3) is 10.8 Å². The van der Waals surface area contributed by atoms with E-state index in [0.717, 1.165) is 0 Å². The molecule has 5 aromatic carbocycles. The fourth-order valence-electron chi connectivity index (χ4n) is 4.71. The number of rotatable bonds is 0. The van der Waals surface area contributed by atoms with Crippen LogP contribution < -0.4 is 0 Å². The molecule has 0 fully saturated rings. The van der Waals surface area contributed by atoms with E-state index in [1.54, 1.807) is 22.3 Å². The second kappa shape index (κ2) is 13.9. The van der Waals surface area contributed by atoms with Gasteiger partial charge in [0.2, 0.25) is 0 Å². The van der Waals surface area contributed by atoms with Gasteiger partial charge < -0.3 is 0 Å². The second-order valence-electron chi connectivity index (χ2n) is 9.10. The van der Waals surface area contributed by atoms with Crippen molar-refractivity contribution in [3.05, 3.63) is 156 Å². The minimum atomic E-state index is 1.30. The lowest BCUT2D eigenvalue weighted by Gasteiger charge is -2.13. The topological polar surface area (TPSA) is 0 Å². The lowest BCUT2D eigenvalue weighted by Crippen LogP contribution is -2.00. The normalized spacial score (nSPS) is 12.9. The average Bonchev–Trinajstić information content (AvgIpc) is 3.44. The molecule has 0 radical (unpaired) electrons. The van der Waals surface area contributed by atoms with Gasteiger partial charge in [0, 0.05) is 0 Å². The van der Waals surface area contributed by atoms with E-state index < -0.39 is 0 Å². The first kappa shape index (κ1) is 24.5. The molecule has 0 heterocycles. The summed E-state index contributed by atoms with van der Waals surface area (Å²) in [6.45, 7) is 0. The van der Waals surface area contributed by atoms with Crippen molar-refractivity contribution in [3.63, 3.8) is 0 Å². The Labute approximate surface area is 211 Å². The van der Waals surface area contributed by atoms with Crippen LogP contribution in [0.2, 0.25) is 0 Å². The van der Waals surface area contributed by atoms with Gasteiger partial charge in [0.15, 0.2) is 0 Å². The smallest absolute Gasteiger partial charge is 0.0184 e. The molecule has 0 amide bonds. The molecule has 0 aliphatic heterocycles. The van der Waals surface area contributed by atoms with E-state index in [0.29, 0.717) is 0 Å². The minimum absolute atomic E-state index is 1.30. The summed E-state index contributed by atoms with van der Waals surface area (Å²) in [4.78, 5) is 0. The molecular formula is C35H36. The van der Waals surface area contributed by atoms with Crippen LogP contribution in [-0.4, -0.2) is 0 Å². The van der Waals surface area contributed by atoms with E-state index in [4.69, 9.17) is 0 Å². The molecule has 0 aromatic heterocycles. The number of hydrogen-bond donors (Lipinski definition) is 0. The molecule has 2 aliphatic rings. The highest BCUT2D eigenvalue weighted by Crippen LogP contribution is 2.20. The van der Waals surface area contributed by atoms with E-state index in [1.807, 2.05) is 36.4 Å². The Morgan fingerprint density at radius 3 is 0.829 bits per heavy atom. The quantitative estimate of drug-likeness (QED) is 0.218. The van der Waals surface area contributed by atoms with Gasteiger partial charge in [-0.1, -0.05) is 133 Å². The van der Waals surface area contributed by atoms with Gasteiger partial charge in [-0.3, -0.25) is 0 Å². The van der Waals surface area contributed by atoms with Crippen molar-refractivity contribution in [1.82, 2.24) is 0 Å². The van der Waals surface area contributed by atoms with E-state index in [-0.39, 0.29) is 0 Å². The summed E-state index contributed by atoms with van der Waals surface area (Å²) in [5.41, 5.74) is 6.29. The number of hydrogen-bond acceptors (Lipinski definition) is 0. The SMILES string of the molecule is c1ccc2c(c1)CCC2.c1ccc2c(c1)CCCC2.c1ccc2ccccc2c1.c1ccccc1. The first-order valence-electron chi connectivity index (χ1n) is 13.0. The zero-order chi connectivity index (χ0) is 24.0. The number of benzene rings is 5. The monoisotopic (exact) mass is 456 g/mol. The lowest BCUT2D eigenvalue weighted by atomic mass is 9.92. The summed E-state index contributed by atoms with van der Waals surface area (Å²) >= 11 is 0. The van der Waals surface area contributed by atoms with Crippen LogP contribution in [0.15, 0.2) is 133 Å². The second-order valence-corrected chi connectivity index (χ2v) is 9.10. The zero-order valence-corrected chi connectivity index (χ0v) is 20.7. The van der Waals surface area contributed by atoms with Gasteiger partial charge in [-0.25, -0.2) is 0 Å². The summed E-state index contributed by atoms with van der Waals surface area (Å²) in [6, 6.07) is 46.3. The predicted molar refractivity (Wildman–Crippen MR) is 152 cm³/mol. The molecule has 7 rings (SSSR count). The third kappa shape index (κ3) is 7.97. The van der Waals surface area contributed by atoms with Crippen molar-refractivity contribution >= 4 is 10.8 Å². The summed E-state index contributed by atoms with van der Waals surface area (Å²) in [6.07, 6.45) is 9.34. The van der Waals surface area contributed by atoms with Crippen LogP contribution in [0.4, 0.5) is 0 Å². The maximum absolute atomic E-state index is 2.26. The highest BCUT2D eigenvalue weighted by molar-refractivity contribution is 5.82. The number of aryl methyl sites for hydroxylation is 4. The van der Waals surface area contributed by atoms with Gasteiger partial charge in [0.05, 0.1) is 0 Å². The summed E-state index contributed by atoms with van der Waals surface area (Å²) < 4.78 is 0. The molecule has 0 N–H and O–H groups in total. The Bertz CT molecular complexity index is 1130. The Morgan fingerprint density at radius 1 is 0.257 bits per heavy atom. The van der Waals surface area contributed by atoms with E-state index >= 15 is 0 Å². The fraction of sp³-hybridized carbons (Fsp3) is 0.200. The first-order valence-corrected chi connectivity index (χ1v) is 13.0. The van der Waals surface area contributed by atoms with E-state index in [1.165, 1.54) is 55.7 Å². The van der Waals surface area contributed by atoms with Crippen molar-refractivity contribution in [2.24, 2.45) is 0 Å². The fourth-order valence-corrected chi connectivity index (χ4v) is 4.71. The average molecular weight is 457 g/mol. The first-order chi connectivity index (χ1) is 17.4. The van der Waals surface area contributed by atoms with Crippen LogP contribution in [0.3, 0.4) is 0 Å². The highest BCUT2D eigenvalue weighted by atomic mass is 14.1. The Morgan fingerprint density at radius 2 is 0.514 bits per heavy atom. The summed E-state index contributed by atoms with van der Waals surface area (Å²) in [5.74, 6) is 0. The summed E-state index contributed by atoms with van der Waals surface area (Å²) in [5, 5.41) is 2.62. The van der Waals surface area contributed by atoms with Gasteiger partial charge in [-0.05, 0) is 78.0 Å². The Balaban J connectivity index is 0.000000112. The molecule has 0 unspecified atom stereocenters. The van der Waals surface area contributed by atoms with Crippen molar-refractivity contribution in [2.75, 3.05) is 0 Å². The molecule has 5 aromatic rings. The minimum Gasteiger partial charge on any atom is -0.0623 e. The molecule has 0 nitrogen and oxygen atoms in total. The van der Waals surface area contributed by atoms with Crippen molar-refractivity contribution in [1.29, 1.82) is 0 Å². The lowest BCUT2D eigenvalue weighted by molar-refractivity contribution is 0.685. The van der Waals surface area contributed by atoms with Crippen LogP contribution in [0.1, 0.15) is 41.5 Å². The predicted octanol–water partition coefficient (Wildman–Crippen LogP) is 9.27.